The van der Waals surface area contributed by atoms with Gasteiger partial charge >= 0.3 is 12.0 Å². The number of pyridine rings is 1. The summed E-state index contributed by atoms with van der Waals surface area (Å²) in [5.74, 6) is -0.611. The molecule has 1 fully saturated rings. The molecule has 10 heteroatoms. The van der Waals surface area contributed by atoms with Crippen molar-refractivity contribution in [2.75, 3.05) is 28.2 Å². The Morgan fingerprint density at radius 2 is 2.15 bits per heavy atom. The van der Waals surface area contributed by atoms with Crippen molar-refractivity contribution in [2.45, 2.75) is 12.5 Å². The predicted octanol–water partition coefficient (Wildman–Crippen LogP) is 1.68. The highest BCUT2D eigenvalue weighted by Crippen LogP contribution is 2.39. The number of carbonyl (C=O) groups is 2. The van der Waals surface area contributed by atoms with Gasteiger partial charge in [0.2, 0.25) is 5.95 Å². The number of carboxylic acid groups (broad SMARTS) is 1. The molecule has 2 amide bonds. The summed E-state index contributed by atoms with van der Waals surface area (Å²) >= 11 is 0. The van der Waals surface area contributed by atoms with Crippen LogP contribution in [0.1, 0.15) is 16.9 Å². The number of aromatic nitrogens is 4. The van der Waals surface area contributed by atoms with Crippen LogP contribution >= 0.6 is 0 Å². The Morgan fingerprint density at radius 1 is 1.26 bits per heavy atom. The van der Waals surface area contributed by atoms with Crippen molar-refractivity contribution in [3.05, 3.63) is 36.3 Å². The summed E-state index contributed by atoms with van der Waals surface area (Å²) in [6.45, 7) is 1.48. The highest BCUT2D eigenvalue weighted by Gasteiger charge is 2.40. The Balaban J connectivity index is 1.51. The number of rotatable bonds is 2. The quantitative estimate of drug-likeness (QED) is 0.630. The smallest absolute Gasteiger partial charge is 0.354 e. The largest absolute Gasteiger partial charge is 0.477 e. The van der Waals surface area contributed by atoms with Gasteiger partial charge in [0.1, 0.15) is 5.65 Å². The van der Waals surface area contributed by atoms with Crippen LogP contribution in [0.4, 0.5) is 22.2 Å². The van der Waals surface area contributed by atoms with Crippen molar-refractivity contribution >= 4 is 40.5 Å². The Bertz CT molecular complexity index is 1080. The molecular formula is C17H15N7O3. The molecule has 5 rings (SSSR count). The van der Waals surface area contributed by atoms with E-state index in [-0.39, 0.29) is 17.7 Å². The molecule has 2 aliphatic rings. The molecule has 0 aromatic carbocycles. The van der Waals surface area contributed by atoms with E-state index in [1.807, 2.05) is 6.07 Å². The Kier molecular flexibility index (Phi) is 3.26. The summed E-state index contributed by atoms with van der Waals surface area (Å²) in [5, 5.41) is 12.8. The average molecular weight is 365 g/mol. The van der Waals surface area contributed by atoms with Crippen LogP contribution in [0.25, 0.3) is 11.0 Å². The van der Waals surface area contributed by atoms with E-state index >= 15 is 0 Å². The van der Waals surface area contributed by atoms with Gasteiger partial charge in [0.25, 0.3) is 0 Å². The van der Waals surface area contributed by atoms with Crippen molar-refractivity contribution in [3.63, 3.8) is 0 Å². The zero-order valence-corrected chi connectivity index (χ0v) is 14.1. The van der Waals surface area contributed by atoms with Gasteiger partial charge in [0.15, 0.2) is 11.5 Å². The third kappa shape index (κ3) is 2.45. The first kappa shape index (κ1) is 15.6. The number of nitrogens with zero attached hydrogens (tertiary/aromatic N) is 5. The van der Waals surface area contributed by atoms with Crippen LogP contribution in [0, 0.1) is 0 Å². The normalized spacial score (nSPS) is 17.9. The van der Waals surface area contributed by atoms with Crippen molar-refractivity contribution in [1.82, 2.24) is 19.9 Å². The number of aromatic carboxylic acids is 1. The van der Waals surface area contributed by atoms with Crippen molar-refractivity contribution in [1.29, 1.82) is 0 Å². The SMILES string of the molecule is O=C(O)c1ccc2c(n1)N(C(=O)Nc1ncc3cc[nH]c3n1)[C@H]1CCN2C1. The number of urea groups is 1. The number of H-pyrrole nitrogens is 1. The average Bonchev–Trinajstić information content (AvgIpc) is 3.29. The van der Waals surface area contributed by atoms with Crippen LogP contribution in [0.2, 0.25) is 0 Å². The molecule has 0 spiro atoms. The van der Waals surface area contributed by atoms with Crippen LogP contribution < -0.4 is 15.1 Å². The second kappa shape index (κ2) is 5.66. The van der Waals surface area contributed by atoms with E-state index in [0.29, 0.717) is 18.0 Å². The Morgan fingerprint density at radius 3 is 3.00 bits per heavy atom. The molecule has 3 aromatic heterocycles. The topological polar surface area (TPSA) is 127 Å². The molecule has 3 N–H and O–H groups in total. The van der Waals surface area contributed by atoms with Gasteiger partial charge in [-0.25, -0.2) is 19.6 Å². The predicted molar refractivity (Wildman–Crippen MR) is 97.2 cm³/mol. The van der Waals surface area contributed by atoms with Gasteiger partial charge in [-0.15, -0.1) is 0 Å². The van der Waals surface area contributed by atoms with E-state index in [2.05, 4.69) is 30.2 Å². The molecule has 0 radical (unpaired) electrons. The maximum atomic E-state index is 13.0. The standard InChI is InChI=1S/C17H15N7O3/c25-15(26)11-1-2-12-14(20-11)24(10-4-6-23(12)8-10)17(27)22-16-19-7-9-3-5-18-13(9)21-16/h1-3,5,7,10H,4,6,8H2,(H,25,26)(H2,18,19,21,22,27)/t10-/m0/s1. The number of carbonyl (C=O) groups excluding carboxylic acids is 1. The van der Waals surface area contributed by atoms with Crippen LogP contribution in [0.3, 0.4) is 0 Å². The fourth-order valence-electron chi connectivity index (χ4n) is 3.65. The second-order valence-electron chi connectivity index (χ2n) is 6.51. The molecule has 1 saturated heterocycles. The van der Waals surface area contributed by atoms with Crippen LogP contribution in [0.15, 0.2) is 30.6 Å². The minimum atomic E-state index is -1.13. The van der Waals surface area contributed by atoms with E-state index in [1.54, 1.807) is 18.5 Å². The van der Waals surface area contributed by atoms with Crippen molar-refractivity contribution in [3.8, 4) is 0 Å². The summed E-state index contributed by atoms with van der Waals surface area (Å²) in [6.07, 6.45) is 4.15. The monoisotopic (exact) mass is 365 g/mol. The molecule has 0 saturated carbocycles. The van der Waals surface area contributed by atoms with Crippen molar-refractivity contribution < 1.29 is 14.7 Å². The summed E-state index contributed by atoms with van der Waals surface area (Å²) < 4.78 is 0. The highest BCUT2D eigenvalue weighted by atomic mass is 16.4. The third-order valence-corrected chi connectivity index (χ3v) is 4.91. The summed E-state index contributed by atoms with van der Waals surface area (Å²) in [5.41, 5.74) is 1.28. The fourth-order valence-corrected chi connectivity index (χ4v) is 3.65. The zero-order chi connectivity index (χ0) is 18.5. The van der Waals surface area contributed by atoms with Gasteiger partial charge in [-0.2, -0.15) is 4.98 Å². The first-order valence-corrected chi connectivity index (χ1v) is 8.50. The maximum absolute atomic E-state index is 13.0. The molecule has 3 aromatic rings. The van der Waals surface area contributed by atoms with E-state index in [0.717, 1.165) is 24.0 Å². The molecule has 2 aliphatic heterocycles. The maximum Gasteiger partial charge on any atom is 0.354 e. The lowest BCUT2D eigenvalue weighted by Crippen LogP contribution is -2.48. The zero-order valence-electron chi connectivity index (χ0n) is 14.1. The lowest BCUT2D eigenvalue weighted by atomic mass is 10.2. The van der Waals surface area contributed by atoms with Gasteiger partial charge in [-0.3, -0.25) is 10.2 Å². The Labute approximate surface area is 152 Å². The first-order valence-electron chi connectivity index (χ1n) is 8.50. The highest BCUT2D eigenvalue weighted by molar-refractivity contribution is 6.04. The summed E-state index contributed by atoms with van der Waals surface area (Å²) in [6, 6.07) is 4.49. The molecule has 0 unspecified atom stereocenters. The molecule has 0 aliphatic carbocycles. The Hall–Kier alpha value is -3.69. The number of carboxylic acids is 1. The summed E-state index contributed by atoms with van der Waals surface area (Å²) in [7, 11) is 0. The third-order valence-electron chi connectivity index (χ3n) is 4.91. The molecule has 5 heterocycles. The molecule has 27 heavy (non-hydrogen) atoms. The number of hydrogen-bond donors (Lipinski definition) is 3. The molecular weight excluding hydrogens is 350 g/mol. The van der Waals surface area contributed by atoms with E-state index in [1.165, 1.54) is 11.0 Å². The van der Waals surface area contributed by atoms with E-state index < -0.39 is 12.0 Å². The summed E-state index contributed by atoms with van der Waals surface area (Å²) in [4.78, 5) is 43.6. The van der Waals surface area contributed by atoms with Crippen LogP contribution in [-0.2, 0) is 0 Å². The number of nitrogens with one attached hydrogen (secondary N) is 2. The second-order valence-corrected chi connectivity index (χ2v) is 6.51. The molecule has 1 atom stereocenters. The molecule has 136 valence electrons. The van der Waals surface area contributed by atoms with Crippen LogP contribution in [0.5, 0.6) is 0 Å². The lowest BCUT2D eigenvalue weighted by Gasteiger charge is -2.35. The van der Waals surface area contributed by atoms with Gasteiger partial charge in [-0.1, -0.05) is 0 Å². The van der Waals surface area contributed by atoms with Gasteiger partial charge < -0.3 is 15.0 Å². The van der Waals surface area contributed by atoms with Gasteiger partial charge in [-0.05, 0) is 24.6 Å². The molecule has 2 bridgehead atoms. The fraction of sp³-hybridized carbons (Fsp3) is 0.235. The number of aromatic amines is 1. The van der Waals surface area contributed by atoms with Gasteiger partial charge in [0, 0.05) is 30.9 Å². The minimum Gasteiger partial charge on any atom is -0.477 e. The van der Waals surface area contributed by atoms with Crippen LogP contribution in [-0.4, -0.2) is 56.2 Å². The van der Waals surface area contributed by atoms with E-state index in [4.69, 9.17) is 0 Å². The minimum absolute atomic E-state index is 0.0803. The lowest BCUT2D eigenvalue weighted by molar-refractivity contribution is 0.0690. The first-order chi connectivity index (χ1) is 13.1. The number of amides is 2. The molecule has 10 nitrogen and oxygen atoms in total. The van der Waals surface area contributed by atoms with E-state index in [9.17, 15) is 14.7 Å². The van der Waals surface area contributed by atoms with Crippen molar-refractivity contribution in [2.24, 2.45) is 0 Å². The van der Waals surface area contributed by atoms with Gasteiger partial charge in [0.05, 0.1) is 11.7 Å². The number of anilines is 3. The number of fused-ring (bicyclic) bond motifs is 5. The number of hydrogen-bond acceptors (Lipinski definition) is 6.